The van der Waals surface area contributed by atoms with E-state index >= 15 is 0 Å². The molecule has 1 aliphatic rings. The van der Waals surface area contributed by atoms with Crippen molar-refractivity contribution in [1.29, 1.82) is 0 Å². The van der Waals surface area contributed by atoms with Gasteiger partial charge in [-0.15, -0.1) is 0 Å². The molecule has 1 atom stereocenters. The molecule has 3 aromatic carbocycles. The van der Waals surface area contributed by atoms with Crippen molar-refractivity contribution in [2.45, 2.75) is 26.5 Å². The van der Waals surface area contributed by atoms with Crippen LogP contribution in [0.1, 0.15) is 36.6 Å². The van der Waals surface area contributed by atoms with Crippen LogP contribution >= 0.6 is 34.5 Å². The van der Waals surface area contributed by atoms with Gasteiger partial charge in [0.1, 0.15) is 12.4 Å². The number of benzene rings is 3. The quantitative estimate of drug-likeness (QED) is 0.264. The Morgan fingerprint density at radius 3 is 2.44 bits per heavy atom. The van der Waals surface area contributed by atoms with Gasteiger partial charge in [0.15, 0.2) is 4.80 Å². The number of nitrogens with zero attached hydrogens (tertiary/aromatic N) is 2. The summed E-state index contributed by atoms with van der Waals surface area (Å²) in [5, 5.41) is 1.23. The Kier molecular flexibility index (Phi) is 8.02. The number of esters is 1. The predicted molar refractivity (Wildman–Crippen MR) is 154 cm³/mol. The summed E-state index contributed by atoms with van der Waals surface area (Å²) in [6.07, 6.45) is 1.81. The minimum absolute atomic E-state index is 0.212. The fourth-order valence-corrected chi connectivity index (χ4v) is 5.64. The molecule has 0 saturated carbocycles. The average Bonchev–Trinajstić information content (AvgIpc) is 3.22. The molecule has 0 radical (unpaired) electrons. The molecule has 1 aliphatic heterocycles. The number of carbonyl (C=O) groups is 1. The molecule has 2 heterocycles. The summed E-state index contributed by atoms with van der Waals surface area (Å²) < 4.78 is 13.3. The van der Waals surface area contributed by atoms with Crippen molar-refractivity contribution >= 4 is 46.6 Å². The Balaban J connectivity index is 1.53. The molecule has 0 spiro atoms. The first-order valence-electron chi connectivity index (χ1n) is 12.3. The lowest BCUT2D eigenvalue weighted by molar-refractivity contribution is -0.139. The standard InChI is InChI=1S/C30H24Cl2N2O4S/c1-3-37-29(36)26-18(2)33-30-34(27(26)21-9-13-23(32)14-10-21)28(35)25(39-30)16-20-5-4-6-24(15-20)38-17-19-7-11-22(31)12-8-19/h4-16,27H,3,17H2,1-2H3/b25-16-/t27-/m1/s1. The van der Waals surface area contributed by atoms with E-state index in [1.54, 1.807) is 36.6 Å². The lowest BCUT2D eigenvalue weighted by Crippen LogP contribution is -2.39. The van der Waals surface area contributed by atoms with Gasteiger partial charge in [-0.3, -0.25) is 9.36 Å². The van der Waals surface area contributed by atoms with Crippen LogP contribution < -0.4 is 19.6 Å². The third-order valence-corrected chi connectivity index (χ3v) is 7.66. The van der Waals surface area contributed by atoms with Gasteiger partial charge in [-0.1, -0.05) is 70.9 Å². The highest BCUT2D eigenvalue weighted by Crippen LogP contribution is 2.31. The molecule has 0 N–H and O–H groups in total. The molecule has 0 saturated heterocycles. The van der Waals surface area contributed by atoms with Crippen molar-refractivity contribution in [3.05, 3.63) is 130 Å². The molecule has 6 nitrogen and oxygen atoms in total. The van der Waals surface area contributed by atoms with Gasteiger partial charge < -0.3 is 9.47 Å². The number of hydrogen-bond donors (Lipinski definition) is 0. The van der Waals surface area contributed by atoms with Crippen molar-refractivity contribution in [1.82, 2.24) is 4.57 Å². The van der Waals surface area contributed by atoms with Gasteiger partial charge in [0.25, 0.3) is 5.56 Å². The van der Waals surface area contributed by atoms with E-state index in [9.17, 15) is 9.59 Å². The molecule has 5 rings (SSSR count). The second-order valence-electron chi connectivity index (χ2n) is 8.84. The van der Waals surface area contributed by atoms with Gasteiger partial charge in [0, 0.05) is 10.0 Å². The van der Waals surface area contributed by atoms with E-state index in [1.165, 1.54) is 11.3 Å². The predicted octanol–water partition coefficient (Wildman–Crippen LogP) is 5.68. The number of aromatic nitrogens is 1. The number of carbonyl (C=O) groups excluding carboxylic acids is 1. The smallest absolute Gasteiger partial charge is 0.338 e. The zero-order chi connectivity index (χ0) is 27.5. The third-order valence-electron chi connectivity index (χ3n) is 6.18. The number of hydrogen-bond acceptors (Lipinski definition) is 6. The second-order valence-corrected chi connectivity index (χ2v) is 10.7. The van der Waals surface area contributed by atoms with E-state index in [0.717, 1.165) is 16.7 Å². The Labute approximate surface area is 239 Å². The number of allylic oxidation sites excluding steroid dienone is 1. The fourth-order valence-electron chi connectivity index (χ4n) is 4.34. The second kappa shape index (κ2) is 11.6. The average molecular weight is 580 g/mol. The zero-order valence-electron chi connectivity index (χ0n) is 21.2. The molecule has 9 heteroatoms. The van der Waals surface area contributed by atoms with Crippen LogP contribution in [-0.4, -0.2) is 17.1 Å². The first-order chi connectivity index (χ1) is 18.8. The number of ether oxygens (including phenoxy) is 2. The van der Waals surface area contributed by atoms with Crippen molar-refractivity contribution < 1.29 is 14.3 Å². The van der Waals surface area contributed by atoms with Gasteiger partial charge >= 0.3 is 5.97 Å². The maximum Gasteiger partial charge on any atom is 0.338 e. The molecule has 0 amide bonds. The largest absolute Gasteiger partial charge is 0.489 e. The third kappa shape index (κ3) is 5.86. The van der Waals surface area contributed by atoms with Crippen LogP contribution in [0.15, 0.2) is 93.9 Å². The molecule has 0 unspecified atom stereocenters. The van der Waals surface area contributed by atoms with Crippen LogP contribution in [0.25, 0.3) is 6.08 Å². The summed E-state index contributed by atoms with van der Waals surface area (Å²) in [7, 11) is 0. The van der Waals surface area contributed by atoms with Crippen LogP contribution in [0.5, 0.6) is 5.75 Å². The zero-order valence-corrected chi connectivity index (χ0v) is 23.5. The Hall–Kier alpha value is -3.65. The molecule has 39 heavy (non-hydrogen) atoms. The van der Waals surface area contributed by atoms with Gasteiger partial charge in [0.2, 0.25) is 0 Å². The van der Waals surface area contributed by atoms with Crippen molar-refractivity contribution in [3.63, 3.8) is 0 Å². The van der Waals surface area contributed by atoms with Gasteiger partial charge in [0.05, 0.1) is 28.5 Å². The highest BCUT2D eigenvalue weighted by atomic mass is 35.5. The summed E-state index contributed by atoms with van der Waals surface area (Å²) in [4.78, 5) is 31.9. The van der Waals surface area contributed by atoms with Crippen LogP contribution in [0.2, 0.25) is 10.0 Å². The molecular formula is C30H24Cl2N2O4S. The SMILES string of the molecule is CCOC(=O)C1=C(C)N=c2s/c(=C\c3cccc(OCc4ccc(Cl)cc4)c3)c(=O)n2[C@@H]1c1ccc(Cl)cc1. The summed E-state index contributed by atoms with van der Waals surface area (Å²) in [6.45, 7) is 4.10. The van der Waals surface area contributed by atoms with E-state index in [2.05, 4.69) is 4.99 Å². The van der Waals surface area contributed by atoms with Crippen molar-refractivity contribution in [3.8, 4) is 5.75 Å². The molecule has 0 bridgehead atoms. The summed E-state index contributed by atoms with van der Waals surface area (Å²) in [6, 6.07) is 21.4. The molecule has 4 aromatic rings. The highest BCUT2D eigenvalue weighted by molar-refractivity contribution is 7.07. The summed E-state index contributed by atoms with van der Waals surface area (Å²) in [5.74, 6) is 0.171. The highest BCUT2D eigenvalue weighted by Gasteiger charge is 2.33. The minimum atomic E-state index is -0.686. The number of halogens is 2. The van der Waals surface area contributed by atoms with Crippen molar-refractivity contribution in [2.24, 2.45) is 4.99 Å². The van der Waals surface area contributed by atoms with E-state index in [0.29, 0.717) is 43.0 Å². The van der Waals surface area contributed by atoms with Gasteiger partial charge in [-0.05, 0) is 73.0 Å². The Bertz CT molecular complexity index is 1740. The monoisotopic (exact) mass is 578 g/mol. The molecule has 1 aromatic heterocycles. The van der Waals surface area contributed by atoms with Crippen molar-refractivity contribution in [2.75, 3.05) is 6.61 Å². The normalized spacial score (nSPS) is 15.1. The maximum atomic E-state index is 13.8. The number of rotatable bonds is 7. The van der Waals surface area contributed by atoms with E-state index in [4.69, 9.17) is 32.7 Å². The number of thiazole rings is 1. The Morgan fingerprint density at radius 2 is 1.74 bits per heavy atom. The van der Waals surface area contributed by atoms with E-state index in [-0.39, 0.29) is 12.2 Å². The topological polar surface area (TPSA) is 69.9 Å². The van der Waals surface area contributed by atoms with E-state index < -0.39 is 12.0 Å². The van der Waals surface area contributed by atoms with Crippen LogP contribution in [0, 0.1) is 0 Å². The molecular weight excluding hydrogens is 555 g/mol. The Morgan fingerprint density at radius 1 is 1.05 bits per heavy atom. The van der Waals surface area contributed by atoms with Gasteiger partial charge in [-0.25, -0.2) is 9.79 Å². The first kappa shape index (κ1) is 26.9. The minimum Gasteiger partial charge on any atom is -0.489 e. The molecule has 198 valence electrons. The fraction of sp³-hybridized carbons (Fsp3) is 0.167. The number of fused-ring (bicyclic) bond motifs is 1. The summed E-state index contributed by atoms with van der Waals surface area (Å²) in [5.41, 5.74) is 3.13. The van der Waals surface area contributed by atoms with Crippen LogP contribution in [-0.2, 0) is 16.1 Å². The lowest BCUT2D eigenvalue weighted by atomic mass is 9.96. The van der Waals surface area contributed by atoms with Gasteiger partial charge in [-0.2, -0.15) is 0 Å². The van der Waals surface area contributed by atoms with Crippen LogP contribution in [0.4, 0.5) is 0 Å². The lowest BCUT2D eigenvalue weighted by Gasteiger charge is -2.24. The maximum absolute atomic E-state index is 13.8. The molecule has 0 fully saturated rings. The first-order valence-corrected chi connectivity index (χ1v) is 13.8. The van der Waals surface area contributed by atoms with E-state index in [1.807, 2.05) is 60.7 Å². The van der Waals surface area contributed by atoms with Crippen LogP contribution in [0.3, 0.4) is 0 Å². The summed E-state index contributed by atoms with van der Waals surface area (Å²) >= 11 is 13.4. The molecule has 0 aliphatic carbocycles.